The van der Waals surface area contributed by atoms with Crippen LogP contribution in [0, 0.1) is 0 Å². The molecule has 0 aromatic rings. The molecule has 1 N–H and O–H groups in total. The van der Waals surface area contributed by atoms with Crippen LogP contribution >= 0.6 is 7.82 Å². The number of carbonyl (C=O) groups excluding carboxylic acids is 2. The molecule has 0 aromatic carbocycles. The minimum Gasteiger partial charge on any atom is -0.462 e. The van der Waals surface area contributed by atoms with Gasteiger partial charge in [-0.25, -0.2) is 4.57 Å². The van der Waals surface area contributed by atoms with Crippen molar-refractivity contribution in [3.63, 3.8) is 0 Å². The Balaban J connectivity index is 4.00. The first kappa shape index (κ1) is 54.2. The van der Waals surface area contributed by atoms with Gasteiger partial charge in [0.05, 0.1) is 6.61 Å². The van der Waals surface area contributed by atoms with E-state index in [1.54, 1.807) is 0 Å². The molecule has 0 aliphatic heterocycles. The molecule has 8 nitrogen and oxygen atoms in total. The van der Waals surface area contributed by atoms with Gasteiger partial charge in [0.1, 0.15) is 6.61 Å². The summed E-state index contributed by atoms with van der Waals surface area (Å²) in [6.45, 7) is 3.64. The number of hydrogen-bond acceptors (Lipinski definition) is 7. The predicted molar refractivity (Wildman–Crippen MR) is 239 cm³/mol. The highest BCUT2D eigenvalue weighted by molar-refractivity contribution is 7.47. The second-order valence-corrected chi connectivity index (χ2v) is 16.0. The van der Waals surface area contributed by atoms with E-state index in [4.69, 9.17) is 14.0 Å². The summed E-state index contributed by atoms with van der Waals surface area (Å²) in [6, 6.07) is 0. The second kappa shape index (κ2) is 42.8. The van der Waals surface area contributed by atoms with Crippen molar-refractivity contribution in [2.45, 2.75) is 187 Å². The molecular formula is C48H81O8P. The summed E-state index contributed by atoms with van der Waals surface area (Å²) in [5, 5.41) is 0. The smallest absolute Gasteiger partial charge is 0.462 e. The van der Waals surface area contributed by atoms with Crippen molar-refractivity contribution >= 4 is 19.8 Å². The van der Waals surface area contributed by atoms with E-state index >= 15 is 0 Å². The average molecular weight is 817 g/mol. The first-order valence-corrected chi connectivity index (χ1v) is 23.8. The number of allylic oxidation sites excluding steroid dienone is 14. The summed E-state index contributed by atoms with van der Waals surface area (Å²) in [4.78, 5) is 34.5. The highest BCUT2D eigenvalue weighted by Crippen LogP contribution is 2.42. The van der Waals surface area contributed by atoms with Crippen molar-refractivity contribution in [1.82, 2.24) is 0 Å². The third-order valence-corrected chi connectivity index (χ3v) is 10.1. The van der Waals surface area contributed by atoms with Gasteiger partial charge in [0.15, 0.2) is 6.10 Å². The number of phosphoric ester groups is 1. The lowest BCUT2D eigenvalue weighted by atomic mass is 10.0. The Labute approximate surface area is 348 Å². The van der Waals surface area contributed by atoms with Gasteiger partial charge in [0.25, 0.3) is 0 Å². The molecular weight excluding hydrogens is 735 g/mol. The van der Waals surface area contributed by atoms with Gasteiger partial charge in [0.2, 0.25) is 0 Å². The molecule has 0 radical (unpaired) electrons. The Kier molecular flexibility index (Phi) is 40.7. The highest BCUT2D eigenvalue weighted by atomic mass is 31.2. The monoisotopic (exact) mass is 817 g/mol. The standard InChI is InChI=1S/C48H81O8P/c1-4-6-8-10-12-14-16-18-20-21-22-23-24-25-26-27-29-31-33-35-37-39-41-43-48(50)56-46(45-55-57(51,52)53-3)44-54-47(49)42-40-38-36-34-32-30-28-19-17-15-13-11-9-7-5-2/h6-9,12-15,18-20,22-23,28,46H,4-5,10-11,16-17,21,24-27,29-45H2,1-3H3,(H,51,52)/b8-6-,9-7-,14-12-,15-13-,20-18-,23-22-,28-19-. The Bertz CT molecular complexity index is 1200. The molecule has 9 heteroatoms. The maximum absolute atomic E-state index is 12.5. The number of hydrogen-bond donors (Lipinski definition) is 1. The van der Waals surface area contributed by atoms with E-state index in [-0.39, 0.29) is 19.4 Å². The van der Waals surface area contributed by atoms with Crippen molar-refractivity contribution in [3.8, 4) is 0 Å². The lowest BCUT2D eigenvalue weighted by Gasteiger charge is -2.19. The van der Waals surface area contributed by atoms with Gasteiger partial charge >= 0.3 is 19.8 Å². The Morgan fingerprint density at radius 2 is 0.842 bits per heavy atom. The number of carbonyl (C=O) groups is 2. The van der Waals surface area contributed by atoms with Gasteiger partial charge in [-0.05, 0) is 83.5 Å². The molecule has 0 saturated heterocycles. The first-order valence-electron chi connectivity index (χ1n) is 22.3. The topological polar surface area (TPSA) is 108 Å². The molecule has 0 fully saturated rings. The van der Waals surface area contributed by atoms with Crippen LogP contribution in [0.2, 0.25) is 0 Å². The summed E-state index contributed by atoms with van der Waals surface area (Å²) in [5.41, 5.74) is 0. The van der Waals surface area contributed by atoms with E-state index in [0.717, 1.165) is 116 Å². The van der Waals surface area contributed by atoms with Crippen molar-refractivity contribution < 1.29 is 37.6 Å². The SMILES string of the molecule is CC/C=C\C/C=C\C/C=C\C/C=C\CCCCCCCCCCCCC(=O)OC(COC(=O)CCCCCCC/C=C\C/C=C\C/C=C\CC)COP(=O)(O)OC. The molecule has 0 aliphatic carbocycles. The Morgan fingerprint density at radius 1 is 0.491 bits per heavy atom. The van der Waals surface area contributed by atoms with Gasteiger partial charge < -0.3 is 14.4 Å². The van der Waals surface area contributed by atoms with E-state index in [9.17, 15) is 19.0 Å². The van der Waals surface area contributed by atoms with Gasteiger partial charge in [-0.2, -0.15) is 0 Å². The van der Waals surface area contributed by atoms with Crippen molar-refractivity contribution in [1.29, 1.82) is 0 Å². The number of unbranched alkanes of at least 4 members (excludes halogenated alkanes) is 15. The van der Waals surface area contributed by atoms with Gasteiger partial charge in [-0.15, -0.1) is 0 Å². The van der Waals surface area contributed by atoms with Gasteiger partial charge in [-0.3, -0.25) is 18.6 Å². The van der Waals surface area contributed by atoms with Gasteiger partial charge in [-0.1, -0.05) is 170 Å². The minimum atomic E-state index is -4.27. The minimum absolute atomic E-state index is 0.231. The van der Waals surface area contributed by atoms with Crippen LogP contribution < -0.4 is 0 Å². The van der Waals surface area contributed by atoms with Crippen LogP contribution in [0.5, 0.6) is 0 Å². The predicted octanol–water partition coefficient (Wildman–Crippen LogP) is 14.3. The molecule has 57 heavy (non-hydrogen) atoms. The summed E-state index contributed by atoms with van der Waals surface area (Å²) < 4.78 is 32.0. The number of phosphoric acid groups is 1. The van der Waals surface area contributed by atoms with Gasteiger partial charge in [0, 0.05) is 20.0 Å². The Morgan fingerprint density at radius 3 is 1.25 bits per heavy atom. The van der Waals surface area contributed by atoms with Crippen molar-refractivity contribution in [2.75, 3.05) is 20.3 Å². The third kappa shape index (κ3) is 42.7. The Hall–Kier alpha value is -2.77. The fourth-order valence-corrected chi connectivity index (χ4v) is 6.24. The molecule has 0 spiro atoms. The maximum Gasteiger partial charge on any atom is 0.472 e. The molecule has 0 bridgehead atoms. The highest BCUT2D eigenvalue weighted by Gasteiger charge is 2.24. The molecule has 0 heterocycles. The zero-order valence-corrected chi connectivity index (χ0v) is 37.1. The van der Waals surface area contributed by atoms with Crippen LogP contribution in [0.4, 0.5) is 0 Å². The van der Waals surface area contributed by atoms with E-state index in [2.05, 4.69) is 103 Å². The zero-order valence-electron chi connectivity index (χ0n) is 36.2. The quantitative estimate of drug-likeness (QED) is 0.0282. The third-order valence-electron chi connectivity index (χ3n) is 9.13. The molecule has 0 saturated carbocycles. The van der Waals surface area contributed by atoms with Crippen LogP contribution in [0.1, 0.15) is 181 Å². The summed E-state index contributed by atoms with van der Waals surface area (Å²) in [5.74, 6) is -0.834. The average Bonchev–Trinajstić information content (AvgIpc) is 3.20. The largest absolute Gasteiger partial charge is 0.472 e. The normalized spacial score (nSPS) is 14.1. The van der Waals surface area contributed by atoms with E-state index in [1.165, 1.54) is 38.5 Å². The van der Waals surface area contributed by atoms with Crippen molar-refractivity contribution in [3.05, 3.63) is 85.1 Å². The second-order valence-electron chi connectivity index (χ2n) is 14.4. The van der Waals surface area contributed by atoms with Crippen LogP contribution in [-0.4, -0.2) is 43.3 Å². The fourth-order valence-electron chi connectivity index (χ4n) is 5.78. The molecule has 0 aromatic heterocycles. The molecule has 0 rings (SSSR count). The number of rotatable bonds is 40. The van der Waals surface area contributed by atoms with Crippen molar-refractivity contribution in [2.24, 2.45) is 0 Å². The molecule has 2 atom stereocenters. The molecule has 2 unspecified atom stereocenters. The van der Waals surface area contributed by atoms with Crippen LogP contribution in [0.15, 0.2) is 85.1 Å². The number of ether oxygens (including phenoxy) is 2. The summed E-state index contributed by atoms with van der Waals surface area (Å²) in [6.07, 6.45) is 56.4. The van der Waals surface area contributed by atoms with E-state index < -0.39 is 32.5 Å². The van der Waals surface area contributed by atoms with Crippen LogP contribution in [0.25, 0.3) is 0 Å². The zero-order chi connectivity index (χ0) is 41.8. The summed E-state index contributed by atoms with van der Waals surface area (Å²) in [7, 11) is -3.22. The maximum atomic E-state index is 12.5. The van der Waals surface area contributed by atoms with E-state index in [0.29, 0.717) is 6.42 Å². The fraction of sp³-hybridized carbons (Fsp3) is 0.667. The van der Waals surface area contributed by atoms with Crippen LogP contribution in [-0.2, 0) is 32.7 Å². The lowest BCUT2D eigenvalue weighted by Crippen LogP contribution is -2.29. The molecule has 326 valence electrons. The molecule has 0 aliphatic rings. The first-order chi connectivity index (χ1) is 27.8. The number of esters is 2. The lowest BCUT2D eigenvalue weighted by molar-refractivity contribution is -0.161. The summed E-state index contributed by atoms with van der Waals surface area (Å²) >= 11 is 0. The van der Waals surface area contributed by atoms with Crippen LogP contribution in [0.3, 0.4) is 0 Å². The molecule has 0 amide bonds. The van der Waals surface area contributed by atoms with E-state index in [1.807, 2.05) is 0 Å².